The third-order valence-electron chi connectivity index (χ3n) is 3.14. The molecule has 122 valence electrons. The first-order chi connectivity index (χ1) is 11.1. The van der Waals surface area contributed by atoms with E-state index < -0.39 is 12.0 Å². The Morgan fingerprint density at radius 2 is 1.78 bits per heavy atom. The monoisotopic (exact) mass is 317 g/mol. The SMILES string of the molecule is N[C@@H](Cc1ccc(O)c(O)c1)C(=O)OCCOc1ccccc1. The van der Waals surface area contributed by atoms with Gasteiger partial charge in [-0.25, -0.2) is 0 Å². The van der Waals surface area contributed by atoms with Crippen LogP contribution in [0.5, 0.6) is 17.2 Å². The van der Waals surface area contributed by atoms with Crippen molar-refractivity contribution in [1.82, 2.24) is 0 Å². The highest BCUT2D eigenvalue weighted by molar-refractivity contribution is 5.75. The molecule has 0 aromatic heterocycles. The second kappa shape index (κ2) is 8.05. The van der Waals surface area contributed by atoms with Crippen LogP contribution in [0.3, 0.4) is 0 Å². The van der Waals surface area contributed by atoms with Crippen molar-refractivity contribution in [3.63, 3.8) is 0 Å². The summed E-state index contributed by atoms with van der Waals surface area (Å²) in [6, 6.07) is 12.6. The minimum atomic E-state index is -0.851. The van der Waals surface area contributed by atoms with Gasteiger partial charge in [0.1, 0.15) is 25.0 Å². The van der Waals surface area contributed by atoms with Crippen LogP contribution in [0.2, 0.25) is 0 Å². The van der Waals surface area contributed by atoms with Gasteiger partial charge in [0.05, 0.1) is 0 Å². The van der Waals surface area contributed by atoms with Gasteiger partial charge in [0.15, 0.2) is 11.5 Å². The minimum absolute atomic E-state index is 0.0995. The number of aromatic hydroxyl groups is 2. The first-order valence-electron chi connectivity index (χ1n) is 7.17. The van der Waals surface area contributed by atoms with Crippen molar-refractivity contribution < 1.29 is 24.5 Å². The van der Waals surface area contributed by atoms with Crippen LogP contribution in [0.25, 0.3) is 0 Å². The highest BCUT2D eigenvalue weighted by Crippen LogP contribution is 2.25. The minimum Gasteiger partial charge on any atom is -0.504 e. The van der Waals surface area contributed by atoms with Crippen LogP contribution >= 0.6 is 0 Å². The molecule has 23 heavy (non-hydrogen) atoms. The van der Waals surface area contributed by atoms with Crippen LogP contribution in [-0.4, -0.2) is 35.4 Å². The number of hydrogen-bond donors (Lipinski definition) is 3. The molecule has 0 aliphatic carbocycles. The van der Waals surface area contributed by atoms with Crippen molar-refractivity contribution in [2.45, 2.75) is 12.5 Å². The molecule has 0 spiro atoms. The van der Waals surface area contributed by atoms with Crippen molar-refractivity contribution in [2.24, 2.45) is 5.73 Å². The summed E-state index contributed by atoms with van der Waals surface area (Å²) in [4.78, 5) is 11.8. The van der Waals surface area contributed by atoms with E-state index in [1.165, 1.54) is 12.1 Å². The highest BCUT2D eigenvalue weighted by Gasteiger charge is 2.16. The maximum absolute atomic E-state index is 11.8. The second-order valence-electron chi connectivity index (χ2n) is 4.96. The fourth-order valence-corrected chi connectivity index (χ4v) is 1.96. The smallest absolute Gasteiger partial charge is 0.323 e. The van der Waals surface area contributed by atoms with Crippen molar-refractivity contribution in [3.05, 3.63) is 54.1 Å². The number of nitrogens with two attached hydrogens (primary N) is 1. The highest BCUT2D eigenvalue weighted by atomic mass is 16.6. The average Bonchev–Trinajstić information content (AvgIpc) is 2.55. The first-order valence-corrected chi connectivity index (χ1v) is 7.17. The summed E-state index contributed by atoms with van der Waals surface area (Å²) in [6.45, 7) is 0.338. The van der Waals surface area contributed by atoms with Gasteiger partial charge in [-0.3, -0.25) is 4.79 Å². The Morgan fingerprint density at radius 1 is 1.04 bits per heavy atom. The molecule has 0 fully saturated rings. The van der Waals surface area contributed by atoms with E-state index in [-0.39, 0.29) is 31.1 Å². The van der Waals surface area contributed by atoms with Gasteiger partial charge in [0, 0.05) is 0 Å². The third kappa shape index (κ3) is 5.19. The lowest BCUT2D eigenvalue weighted by Gasteiger charge is -2.12. The van der Waals surface area contributed by atoms with Gasteiger partial charge in [-0.15, -0.1) is 0 Å². The summed E-state index contributed by atoms with van der Waals surface area (Å²) < 4.78 is 10.5. The first kappa shape index (κ1) is 16.6. The van der Waals surface area contributed by atoms with Gasteiger partial charge < -0.3 is 25.4 Å². The number of phenols is 2. The van der Waals surface area contributed by atoms with E-state index in [2.05, 4.69) is 0 Å². The summed E-state index contributed by atoms with van der Waals surface area (Å²) in [6.07, 6.45) is 0.201. The van der Waals surface area contributed by atoms with Gasteiger partial charge in [-0.05, 0) is 36.2 Å². The molecule has 0 aliphatic heterocycles. The predicted octanol–water partition coefficient (Wildman–Crippen LogP) is 1.59. The fraction of sp³-hybridized carbons (Fsp3) is 0.235. The molecular formula is C17H19NO5. The zero-order valence-corrected chi connectivity index (χ0v) is 12.5. The van der Waals surface area contributed by atoms with Gasteiger partial charge in [-0.2, -0.15) is 0 Å². The molecule has 2 aromatic rings. The summed E-state index contributed by atoms with van der Waals surface area (Å²) in [5, 5.41) is 18.6. The van der Waals surface area contributed by atoms with Crippen LogP contribution in [0, 0.1) is 0 Å². The molecule has 0 heterocycles. The molecule has 0 aliphatic rings. The largest absolute Gasteiger partial charge is 0.504 e. The summed E-state index contributed by atoms with van der Waals surface area (Å²) in [7, 11) is 0. The zero-order chi connectivity index (χ0) is 16.7. The summed E-state index contributed by atoms with van der Waals surface area (Å²) in [5.74, 6) is -0.316. The summed E-state index contributed by atoms with van der Waals surface area (Å²) in [5.41, 5.74) is 6.40. The second-order valence-corrected chi connectivity index (χ2v) is 4.96. The van der Waals surface area contributed by atoms with Crippen LogP contribution in [0.4, 0.5) is 0 Å². The van der Waals surface area contributed by atoms with Crippen LogP contribution < -0.4 is 10.5 Å². The Kier molecular flexibility index (Phi) is 5.82. The van der Waals surface area contributed by atoms with E-state index in [0.29, 0.717) is 11.3 Å². The van der Waals surface area contributed by atoms with Crippen LogP contribution in [0.1, 0.15) is 5.56 Å². The molecule has 0 unspecified atom stereocenters. The fourth-order valence-electron chi connectivity index (χ4n) is 1.96. The average molecular weight is 317 g/mol. The van der Waals surface area contributed by atoms with Crippen molar-refractivity contribution in [1.29, 1.82) is 0 Å². The van der Waals surface area contributed by atoms with Crippen LogP contribution in [0.15, 0.2) is 48.5 Å². The molecule has 0 saturated carbocycles. The molecule has 4 N–H and O–H groups in total. The van der Waals surface area contributed by atoms with E-state index in [0.717, 1.165) is 0 Å². The molecule has 2 aromatic carbocycles. The van der Waals surface area contributed by atoms with Crippen LogP contribution in [-0.2, 0) is 16.0 Å². The Hall–Kier alpha value is -2.73. The number of carbonyl (C=O) groups excluding carboxylic acids is 1. The standard InChI is InChI=1S/C17H19NO5/c18-14(10-12-6-7-15(19)16(20)11-12)17(21)23-9-8-22-13-4-2-1-3-5-13/h1-7,11,14,19-20H,8-10,18H2/t14-/m0/s1. The van der Waals surface area contributed by atoms with E-state index in [1.54, 1.807) is 6.07 Å². The Morgan fingerprint density at radius 3 is 2.48 bits per heavy atom. The van der Waals surface area contributed by atoms with E-state index in [9.17, 15) is 15.0 Å². The number of rotatable bonds is 7. The molecule has 0 amide bonds. The summed E-state index contributed by atoms with van der Waals surface area (Å²) >= 11 is 0. The lowest BCUT2D eigenvalue weighted by atomic mass is 10.1. The third-order valence-corrected chi connectivity index (χ3v) is 3.14. The van der Waals surface area contributed by atoms with E-state index in [1.807, 2.05) is 30.3 Å². The van der Waals surface area contributed by atoms with Crippen molar-refractivity contribution >= 4 is 5.97 Å². The Labute approximate surface area is 134 Å². The van der Waals surface area contributed by atoms with E-state index >= 15 is 0 Å². The number of ether oxygens (including phenoxy) is 2. The molecule has 6 nitrogen and oxygen atoms in total. The van der Waals surface area contributed by atoms with Crippen molar-refractivity contribution in [3.8, 4) is 17.2 Å². The molecular weight excluding hydrogens is 298 g/mol. The normalized spacial score (nSPS) is 11.7. The van der Waals surface area contributed by atoms with E-state index in [4.69, 9.17) is 15.2 Å². The lowest BCUT2D eigenvalue weighted by Crippen LogP contribution is -2.35. The zero-order valence-electron chi connectivity index (χ0n) is 12.5. The maximum atomic E-state index is 11.8. The number of phenolic OH excluding ortho intramolecular Hbond substituents is 2. The Balaban J connectivity index is 1.73. The number of carbonyl (C=O) groups is 1. The van der Waals surface area contributed by atoms with Crippen molar-refractivity contribution in [2.75, 3.05) is 13.2 Å². The molecule has 6 heteroatoms. The van der Waals surface area contributed by atoms with Gasteiger partial charge in [-0.1, -0.05) is 24.3 Å². The molecule has 2 rings (SSSR count). The molecule has 0 radical (unpaired) electrons. The number of esters is 1. The topological polar surface area (TPSA) is 102 Å². The van der Waals surface area contributed by atoms with Gasteiger partial charge >= 0.3 is 5.97 Å². The molecule has 0 saturated heterocycles. The quantitative estimate of drug-likeness (QED) is 0.407. The molecule has 1 atom stereocenters. The number of benzene rings is 2. The lowest BCUT2D eigenvalue weighted by molar-refractivity contribution is -0.145. The van der Waals surface area contributed by atoms with Gasteiger partial charge in [0.25, 0.3) is 0 Å². The Bertz CT molecular complexity index is 645. The maximum Gasteiger partial charge on any atom is 0.323 e. The molecule has 0 bridgehead atoms. The number of para-hydroxylation sites is 1. The predicted molar refractivity (Wildman–Crippen MR) is 84.3 cm³/mol. The number of hydrogen-bond acceptors (Lipinski definition) is 6. The van der Waals surface area contributed by atoms with Gasteiger partial charge in [0.2, 0.25) is 0 Å².